The second kappa shape index (κ2) is 3.81. The molecule has 2 aliphatic heterocycles. The fraction of sp³-hybridized carbons (Fsp3) is 0.250. The molecule has 0 aliphatic carbocycles. The third-order valence-electron chi connectivity index (χ3n) is 3.18. The molecule has 3 rings (SSSR count). The molecule has 2 heterocycles. The van der Waals surface area contributed by atoms with Crippen molar-refractivity contribution in [3.05, 3.63) is 28.8 Å². The van der Waals surface area contributed by atoms with Crippen molar-refractivity contribution in [1.29, 1.82) is 0 Å². The fourth-order valence-electron chi connectivity index (χ4n) is 2.31. The molecule has 1 aromatic carbocycles. The molecule has 1 fully saturated rings. The van der Waals surface area contributed by atoms with Crippen LogP contribution in [0.15, 0.2) is 18.2 Å². The van der Waals surface area contributed by atoms with Crippen molar-refractivity contribution >= 4 is 34.9 Å². The van der Waals surface area contributed by atoms with Crippen molar-refractivity contribution in [3.8, 4) is 0 Å². The molecular formula is C12H9ClN2O3. The Balaban J connectivity index is 2.12. The van der Waals surface area contributed by atoms with E-state index in [1.165, 1.54) is 11.0 Å². The lowest BCUT2D eigenvalue weighted by Gasteiger charge is -2.18. The molecule has 1 atom stereocenters. The number of fused-ring (bicyclic) bond motifs is 2. The molecule has 2 amide bonds. The van der Waals surface area contributed by atoms with Crippen LogP contribution in [0.4, 0.5) is 5.69 Å². The van der Waals surface area contributed by atoms with Crippen LogP contribution in [0.5, 0.6) is 0 Å². The maximum Gasteiger partial charge on any atom is 0.257 e. The summed E-state index contributed by atoms with van der Waals surface area (Å²) >= 11 is 5.85. The number of anilines is 1. The van der Waals surface area contributed by atoms with E-state index in [9.17, 15) is 14.4 Å². The normalized spacial score (nSPS) is 22.4. The molecule has 0 radical (unpaired) electrons. The van der Waals surface area contributed by atoms with E-state index in [4.69, 9.17) is 11.6 Å². The molecule has 0 unspecified atom stereocenters. The highest BCUT2D eigenvalue weighted by Crippen LogP contribution is 2.29. The summed E-state index contributed by atoms with van der Waals surface area (Å²) in [4.78, 5) is 36.9. The Bertz CT molecular complexity index is 585. The topological polar surface area (TPSA) is 66.5 Å². The Hall–Kier alpha value is -1.88. The van der Waals surface area contributed by atoms with Gasteiger partial charge in [-0.2, -0.15) is 0 Å². The number of carbonyl (C=O) groups excluding carboxylic acids is 3. The zero-order valence-electron chi connectivity index (χ0n) is 9.27. The molecule has 0 saturated carbocycles. The Morgan fingerprint density at radius 1 is 1.28 bits per heavy atom. The molecule has 0 bridgehead atoms. The Labute approximate surface area is 108 Å². The number of hydrogen-bond acceptors (Lipinski definition) is 3. The highest BCUT2D eigenvalue weighted by molar-refractivity contribution is 6.31. The van der Waals surface area contributed by atoms with Crippen molar-refractivity contribution in [1.82, 2.24) is 4.90 Å². The molecule has 18 heavy (non-hydrogen) atoms. The second-order valence-electron chi connectivity index (χ2n) is 4.37. The number of nitrogens with zero attached hydrogens (tertiary/aromatic N) is 1. The number of hydrogen-bond donors (Lipinski definition) is 1. The van der Waals surface area contributed by atoms with Crippen LogP contribution in [-0.4, -0.2) is 35.1 Å². The Kier molecular flexibility index (Phi) is 2.38. The highest BCUT2D eigenvalue weighted by Gasteiger charge is 2.42. The monoisotopic (exact) mass is 264 g/mol. The zero-order chi connectivity index (χ0) is 12.9. The van der Waals surface area contributed by atoms with E-state index >= 15 is 0 Å². The van der Waals surface area contributed by atoms with Gasteiger partial charge in [0.05, 0.1) is 17.8 Å². The van der Waals surface area contributed by atoms with Crippen LogP contribution in [0.3, 0.4) is 0 Å². The van der Waals surface area contributed by atoms with E-state index in [-0.39, 0.29) is 30.6 Å². The van der Waals surface area contributed by atoms with Crippen LogP contribution in [0.2, 0.25) is 5.02 Å². The summed E-state index contributed by atoms with van der Waals surface area (Å²) in [7, 11) is 0. The van der Waals surface area contributed by atoms with E-state index < -0.39 is 6.04 Å². The largest absolute Gasteiger partial charge is 0.324 e. The van der Waals surface area contributed by atoms with Gasteiger partial charge in [0.15, 0.2) is 5.78 Å². The third-order valence-corrected chi connectivity index (χ3v) is 3.41. The van der Waals surface area contributed by atoms with Gasteiger partial charge >= 0.3 is 0 Å². The Morgan fingerprint density at radius 2 is 2.06 bits per heavy atom. The minimum Gasteiger partial charge on any atom is -0.324 e. The predicted octanol–water partition coefficient (Wildman–Crippen LogP) is 1.08. The number of benzene rings is 1. The molecule has 1 saturated heterocycles. The lowest BCUT2D eigenvalue weighted by molar-refractivity contribution is -0.121. The van der Waals surface area contributed by atoms with Crippen LogP contribution in [-0.2, 0) is 9.59 Å². The molecule has 1 N–H and O–H groups in total. The summed E-state index contributed by atoms with van der Waals surface area (Å²) in [5, 5.41) is 3.08. The maximum atomic E-state index is 12.3. The molecule has 6 heteroatoms. The van der Waals surface area contributed by atoms with Crippen LogP contribution in [0.1, 0.15) is 16.8 Å². The van der Waals surface area contributed by atoms with Gasteiger partial charge in [-0.15, -0.1) is 0 Å². The Morgan fingerprint density at radius 3 is 2.83 bits per heavy atom. The van der Waals surface area contributed by atoms with Gasteiger partial charge in [-0.25, -0.2) is 0 Å². The summed E-state index contributed by atoms with van der Waals surface area (Å²) in [6.07, 6.45) is 0.0826. The van der Waals surface area contributed by atoms with Gasteiger partial charge in [0, 0.05) is 11.4 Å². The van der Waals surface area contributed by atoms with E-state index in [1.54, 1.807) is 12.1 Å². The predicted molar refractivity (Wildman–Crippen MR) is 64.5 cm³/mol. The van der Waals surface area contributed by atoms with Crippen molar-refractivity contribution in [2.24, 2.45) is 0 Å². The summed E-state index contributed by atoms with van der Waals surface area (Å²) in [6.45, 7) is -0.0110. The fourth-order valence-corrected chi connectivity index (χ4v) is 2.48. The minimum atomic E-state index is -0.698. The zero-order valence-corrected chi connectivity index (χ0v) is 10.0. The first-order valence-electron chi connectivity index (χ1n) is 5.49. The number of rotatable bonds is 0. The van der Waals surface area contributed by atoms with Crippen LogP contribution < -0.4 is 5.32 Å². The van der Waals surface area contributed by atoms with Crippen LogP contribution >= 0.6 is 11.6 Å². The van der Waals surface area contributed by atoms with Gasteiger partial charge in [0.1, 0.15) is 6.04 Å². The van der Waals surface area contributed by atoms with Gasteiger partial charge in [0.2, 0.25) is 5.91 Å². The van der Waals surface area contributed by atoms with Gasteiger partial charge in [-0.3, -0.25) is 14.4 Å². The summed E-state index contributed by atoms with van der Waals surface area (Å²) in [5.74, 6) is -0.758. The first-order valence-corrected chi connectivity index (χ1v) is 5.87. The maximum absolute atomic E-state index is 12.3. The number of nitrogens with one attached hydrogen (secondary N) is 1. The number of carbonyl (C=O) groups is 3. The number of Topliss-reactive ketones (excluding diaryl/α,β-unsaturated/α-hetero) is 1. The van der Waals surface area contributed by atoms with Gasteiger partial charge < -0.3 is 10.2 Å². The summed E-state index contributed by atoms with van der Waals surface area (Å²) < 4.78 is 0. The van der Waals surface area contributed by atoms with Crippen LogP contribution in [0, 0.1) is 0 Å². The molecule has 1 aromatic rings. The minimum absolute atomic E-state index is 0.0110. The average molecular weight is 265 g/mol. The number of ketones is 1. The molecule has 5 nitrogen and oxygen atoms in total. The molecule has 92 valence electrons. The average Bonchev–Trinajstić information content (AvgIpc) is 2.69. The quantitative estimate of drug-likeness (QED) is 0.762. The third kappa shape index (κ3) is 1.59. The lowest BCUT2D eigenvalue weighted by atomic mass is 10.1. The van der Waals surface area contributed by atoms with E-state index in [1.807, 2.05) is 0 Å². The van der Waals surface area contributed by atoms with Crippen molar-refractivity contribution in [2.45, 2.75) is 12.5 Å². The molecule has 0 spiro atoms. The first-order chi connectivity index (χ1) is 8.56. The van der Waals surface area contributed by atoms with E-state index in [0.29, 0.717) is 16.3 Å². The van der Waals surface area contributed by atoms with Crippen molar-refractivity contribution in [2.75, 3.05) is 11.9 Å². The number of halogens is 1. The summed E-state index contributed by atoms with van der Waals surface area (Å²) in [5.41, 5.74) is 0.768. The van der Waals surface area contributed by atoms with Gasteiger partial charge in [0.25, 0.3) is 5.91 Å². The first kappa shape index (κ1) is 11.2. The molecular weight excluding hydrogens is 256 g/mol. The lowest BCUT2D eigenvalue weighted by Crippen LogP contribution is -2.40. The number of amides is 2. The van der Waals surface area contributed by atoms with Crippen LogP contribution in [0.25, 0.3) is 0 Å². The highest BCUT2D eigenvalue weighted by atomic mass is 35.5. The smallest absolute Gasteiger partial charge is 0.257 e. The second-order valence-corrected chi connectivity index (χ2v) is 4.81. The van der Waals surface area contributed by atoms with Crippen molar-refractivity contribution in [3.63, 3.8) is 0 Å². The standard InChI is InChI=1S/C12H9ClN2O3/c13-6-1-2-9-8(3-6)12(18)15-5-7(16)4-10(15)11(17)14-9/h1-3,10H,4-5H2,(H,14,17)/t10-/m0/s1. The van der Waals surface area contributed by atoms with Gasteiger partial charge in [-0.05, 0) is 18.2 Å². The molecule has 2 aliphatic rings. The SMILES string of the molecule is O=C1C[C@H]2C(=O)Nc3ccc(Cl)cc3C(=O)N2C1. The molecule has 0 aromatic heterocycles. The van der Waals surface area contributed by atoms with Gasteiger partial charge in [-0.1, -0.05) is 11.6 Å². The van der Waals surface area contributed by atoms with E-state index in [0.717, 1.165) is 0 Å². The van der Waals surface area contributed by atoms with E-state index in [2.05, 4.69) is 5.32 Å². The summed E-state index contributed by atoms with van der Waals surface area (Å²) in [6, 6.07) is 4.01. The van der Waals surface area contributed by atoms with Crippen molar-refractivity contribution < 1.29 is 14.4 Å².